The Morgan fingerprint density at radius 1 is 1.33 bits per heavy atom. The Morgan fingerprint density at radius 2 is 2.10 bits per heavy atom. The molecule has 0 aliphatic carbocycles. The maximum absolute atomic E-state index is 12.9. The van der Waals surface area contributed by atoms with Crippen LogP contribution in [0.3, 0.4) is 0 Å². The molecule has 0 spiro atoms. The van der Waals surface area contributed by atoms with Crippen molar-refractivity contribution in [2.75, 3.05) is 26.7 Å². The van der Waals surface area contributed by atoms with Gasteiger partial charge in [-0.25, -0.2) is 0 Å². The quantitative estimate of drug-likeness (QED) is 0.912. The molecule has 1 N–H and O–H groups in total. The van der Waals surface area contributed by atoms with E-state index in [0.717, 1.165) is 44.1 Å². The highest BCUT2D eigenvalue weighted by molar-refractivity contribution is 5.29. The van der Waals surface area contributed by atoms with Crippen molar-refractivity contribution in [2.24, 2.45) is 5.92 Å². The third kappa shape index (κ3) is 3.98. The van der Waals surface area contributed by atoms with Crippen LogP contribution in [-0.2, 0) is 6.18 Å². The summed E-state index contributed by atoms with van der Waals surface area (Å²) in [6, 6.07) is 5.85. The van der Waals surface area contributed by atoms with Gasteiger partial charge in [0, 0.05) is 6.04 Å². The normalized spacial score (nSPS) is 24.2. The molecular weight excluding hydrogens is 277 g/mol. The fourth-order valence-electron chi connectivity index (χ4n) is 3.23. The second kappa shape index (κ2) is 6.79. The smallest absolute Gasteiger partial charge is 0.317 e. The molecule has 0 amide bonds. The van der Waals surface area contributed by atoms with Crippen molar-refractivity contribution in [1.82, 2.24) is 10.2 Å². The van der Waals surface area contributed by atoms with Gasteiger partial charge in [-0.2, -0.15) is 13.2 Å². The zero-order chi connectivity index (χ0) is 15.5. The summed E-state index contributed by atoms with van der Waals surface area (Å²) in [5.41, 5.74) is 0.219. The van der Waals surface area contributed by atoms with Crippen LogP contribution in [0.2, 0.25) is 0 Å². The van der Waals surface area contributed by atoms with Crippen molar-refractivity contribution in [2.45, 2.75) is 32.0 Å². The summed E-state index contributed by atoms with van der Waals surface area (Å²) in [7, 11) is 2.00. The van der Waals surface area contributed by atoms with Crippen molar-refractivity contribution < 1.29 is 13.2 Å². The van der Waals surface area contributed by atoms with E-state index in [0.29, 0.717) is 5.92 Å². The molecule has 1 heterocycles. The summed E-state index contributed by atoms with van der Waals surface area (Å²) >= 11 is 0. The highest BCUT2D eigenvalue weighted by atomic mass is 19.4. The first-order valence-corrected chi connectivity index (χ1v) is 7.51. The Balaban J connectivity index is 2.27. The van der Waals surface area contributed by atoms with Gasteiger partial charge in [0.05, 0.1) is 5.56 Å². The Labute approximate surface area is 124 Å². The van der Waals surface area contributed by atoms with Crippen molar-refractivity contribution in [1.29, 1.82) is 0 Å². The summed E-state index contributed by atoms with van der Waals surface area (Å²) in [6.07, 6.45) is -2.12. The van der Waals surface area contributed by atoms with E-state index in [1.807, 2.05) is 20.0 Å². The molecule has 2 nitrogen and oxygen atoms in total. The van der Waals surface area contributed by atoms with E-state index in [9.17, 15) is 13.2 Å². The van der Waals surface area contributed by atoms with Crippen LogP contribution in [0.1, 0.15) is 36.9 Å². The molecule has 0 aromatic heterocycles. The predicted molar refractivity (Wildman–Crippen MR) is 78.1 cm³/mol. The Morgan fingerprint density at radius 3 is 2.76 bits per heavy atom. The fourth-order valence-corrected chi connectivity index (χ4v) is 3.23. The Hall–Kier alpha value is -1.07. The maximum Gasteiger partial charge on any atom is 0.416 e. The second-order valence-corrected chi connectivity index (χ2v) is 5.76. The van der Waals surface area contributed by atoms with Crippen molar-refractivity contribution in [3.8, 4) is 0 Å². The van der Waals surface area contributed by atoms with Gasteiger partial charge in [0.1, 0.15) is 0 Å². The SMILES string of the molecule is CCNCC1CCCN(C)C1c1cccc(C(F)(F)F)c1. The van der Waals surface area contributed by atoms with Crippen LogP contribution >= 0.6 is 0 Å². The number of hydrogen-bond donors (Lipinski definition) is 1. The molecule has 5 heteroatoms. The van der Waals surface area contributed by atoms with Crippen LogP contribution in [0, 0.1) is 5.92 Å². The minimum atomic E-state index is -4.28. The molecule has 1 fully saturated rings. The van der Waals surface area contributed by atoms with E-state index in [-0.39, 0.29) is 6.04 Å². The minimum absolute atomic E-state index is 0.0556. The van der Waals surface area contributed by atoms with Crippen LogP contribution in [0.15, 0.2) is 24.3 Å². The van der Waals surface area contributed by atoms with Gasteiger partial charge in [0.2, 0.25) is 0 Å². The molecule has 1 aliphatic heterocycles. The molecule has 0 saturated carbocycles. The lowest BCUT2D eigenvalue weighted by Gasteiger charge is -2.40. The molecule has 1 aromatic carbocycles. The zero-order valence-electron chi connectivity index (χ0n) is 12.6. The number of likely N-dealkylation sites (tertiary alicyclic amines) is 1. The van der Waals surface area contributed by atoms with Gasteiger partial charge in [0.25, 0.3) is 0 Å². The first kappa shape index (κ1) is 16.3. The number of hydrogen-bond acceptors (Lipinski definition) is 2. The van der Waals surface area contributed by atoms with Gasteiger partial charge in [-0.3, -0.25) is 4.90 Å². The molecule has 1 aliphatic rings. The number of nitrogens with zero attached hydrogens (tertiary/aromatic N) is 1. The molecular formula is C16H23F3N2. The van der Waals surface area contributed by atoms with Crippen LogP contribution < -0.4 is 5.32 Å². The number of alkyl halides is 3. The summed E-state index contributed by atoms with van der Waals surface area (Å²) in [5.74, 6) is 0.354. The number of nitrogens with one attached hydrogen (secondary N) is 1. The summed E-state index contributed by atoms with van der Waals surface area (Å²) < 4.78 is 38.7. The van der Waals surface area contributed by atoms with Crippen LogP contribution in [0.25, 0.3) is 0 Å². The Kier molecular flexibility index (Phi) is 5.27. The Bertz CT molecular complexity index is 459. The molecule has 118 valence electrons. The molecule has 21 heavy (non-hydrogen) atoms. The zero-order valence-corrected chi connectivity index (χ0v) is 12.6. The van der Waals surface area contributed by atoms with E-state index in [1.165, 1.54) is 12.1 Å². The van der Waals surface area contributed by atoms with Crippen LogP contribution in [0.4, 0.5) is 13.2 Å². The first-order valence-electron chi connectivity index (χ1n) is 7.51. The molecule has 0 bridgehead atoms. The van der Waals surface area contributed by atoms with Crippen molar-refractivity contribution in [3.63, 3.8) is 0 Å². The van der Waals surface area contributed by atoms with Gasteiger partial charge in [-0.1, -0.05) is 19.1 Å². The average molecular weight is 300 g/mol. The third-order valence-corrected chi connectivity index (χ3v) is 4.22. The summed E-state index contributed by atoms with van der Waals surface area (Å²) in [4.78, 5) is 2.18. The van der Waals surface area contributed by atoms with Crippen LogP contribution in [0.5, 0.6) is 0 Å². The highest BCUT2D eigenvalue weighted by Crippen LogP contribution is 2.37. The fraction of sp³-hybridized carbons (Fsp3) is 0.625. The molecule has 2 atom stereocenters. The number of halogens is 3. The molecule has 0 radical (unpaired) electrons. The molecule has 1 aromatic rings. The lowest BCUT2D eigenvalue weighted by Crippen LogP contribution is -2.40. The van der Waals surface area contributed by atoms with Gasteiger partial charge in [0.15, 0.2) is 0 Å². The monoisotopic (exact) mass is 300 g/mol. The van der Waals surface area contributed by atoms with E-state index < -0.39 is 11.7 Å². The standard InChI is InChI=1S/C16H23F3N2/c1-3-20-11-13-7-5-9-21(2)15(13)12-6-4-8-14(10-12)16(17,18)19/h4,6,8,10,13,15,20H,3,5,7,9,11H2,1-2H3. The molecule has 2 rings (SSSR count). The van der Waals surface area contributed by atoms with Crippen molar-refractivity contribution >= 4 is 0 Å². The van der Waals surface area contributed by atoms with E-state index in [1.54, 1.807) is 0 Å². The van der Waals surface area contributed by atoms with Gasteiger partial charge in [-0.15, -0.1) is 0 Å². The topological polar surface area (TPSA) is 15.3 Å². The average Bonchev–Trinajstić information content (AvgIpc) is 2.44. The highest BCUT2D eigenvalue weighted by Gasteiger charge is 2.34. The lowest BCUT2D eigenvalue weighted by molar-refractivity contribution is -0.137. The largest absolute Gasteiger partial charge is 0.416 e. The maximum atomic E-state index is 12.9. The van der Waals surface area contributed by atoms with Gasteiger partial charge in [-0.05, 0) is 63.1 Å². The lowest BCUT2D eigenvalue weighted by atomic mass is 9.84. The predicted octanol–water partition coefficient (Wildman–Crippen LogP) is 3.70. The van der Waals surface area contributed by atoms with E-state index >= 15 is 0 Å². The van der Waals surface area contributed by atoms with E-state index in [2.05, 4.69) is 10.2 Å². The van der Waals surface area contributed by atoms with Crippen molar-refractivity contribution in [3.05, 3.63) is 35.4 Å². The minimum Gasteiger partial charge on any atom is -0.317 e. The van der Waals surface area contributed by atoms with Gasteiger partial charge >= 0.3 is 6.18 Å². The summed E-state index contributed by atoms with van der Waals surface area (Å²) in [5, 5.41) is 3.33. The number of piperidine rings is 1. The van der Waals surface area contributed by atoms with Gasteiger partial charge < -0.3 is 5.32 Å². The third-order valence-electron chi connectivity index (χ3n) is 4.22. The number of benzene rings is 1. The van der Waals surface area contributed by atoms with E-state index in [4.69, 9.17) is 0 Å². The molecule has 1 saturated heterocycles. The summed E-state index contributed by atoms with van der Waals surface area (Å²) in [6.45, 7) is 4.71. The molecule has 2 unspecified atom stereocenters. The first-order chi connectivity index (χ1) is 9.93. The van der Waals surface area contributed by atoms with Crippen LogP contribution in [-0.4, -0.2) is 31.6 Å². The second-order valence-electron chi connectivity index (χ2n) is 5.76. The number of rotatable bonds is 4.